The first-order valence-electron chi connectivity index (χ1n) is 3.81. The van der Waals surface area contributed by atoms with Gasteiger partial charge in [0, 0.05) is 6.54 Å². The molecule has 0 unspecified atom stereocenters. The van der Waals surface area contributed by atoms with Crippen LogP contribution in [0.1, 0.15) is 5.56 Å². The molecule has 0 saturated heterocycles. The summed E-state index contributed by atoms with van der Waals surface area (Å²) >= 11 is 0. The van der Waals surface area contributed by atoms with Crippen LogP contribution in [-0.4, -0.2) is 21.5 Å². The summed E-state index contributed by atoms with van der Waals surface area (Å²) in [5, 5.41) is 0. The van der Waals surface area contributed by atoms with E-state index in [2.05, 4.69) is 0 Å². The second-order valence-corrected chi connectivity index (χ2v) is 4.52. The van der Waals surface area contributed by atoms with E-state index in [4.69, 9.17) is 9.79 Å². The topological polar surface area (TPSA) is 60.8 Å². The molecular weight excluding hydrogens is 189 g/mol. The van der Waals surface area contributed by atoms with Crippen molar-refractivity contribution >= 4 is 7.75 Å². The van der Waals surface area contributed by atoms with Crippen LogP contribution in [0.4, 0.5) is 0 Å². The third-order valence-corrected chi connectivity index (χ3v) is 2.73. The molecule has 0 fully saturated rings. The monoisotopic (exact) mass is 201 g/mol. The van der Waals surface area contributed by atoms with Crippen LogP contribution in [-0.2, 0) is 11.1 Å². The molecule has 1 rings (SSSR count). The number of benzene rings is 1. The molecule has 13 heavy (non-hydrogen) atoms. The average molecular weight is 201 g/mol. The third-order valence-electron chi connectivity index (χ3n) is 1.70. The predicted octanol–water partition coefficient (Wildman–Crippen LogP) is 1.21. The molecule has 72 valence electrons. The molecule has 0 radical (unpaired) electrons. The van der Waals surface area contributed by atoms with Crippen molar-refractivity contribution in [2.24, 2.45) is 0 Å². The third kappa shape index (κ3) is 3.28. The fourth-order valence-electron chi connectivity index (χ4n) is 0.940. The fraction of sp³-hybridized carbons (Fsp3) is 0.250. The maximum Gasteiger partial charge on any atom is 0.403 e. The molecule has 0 amide bonds. The lowest BCUT2D eigenvalue weighted by Gasteiger charge is -2.17. The lowest BCUT2D eigenvalue weighted by atomic mass is 10.2. The van der Waals surface area contributed by atoms with Gasteiger partial charge in [-0.15, -0.1) is 0 Å². The van der Waals surface area contributed by atoms with Gasteiger partial charge in [-0.05, 0) is 12.6 Å². The Morgan fingerprint density at radius 1 is 1.31 bits per heavy atom. The van der Waals surface area contributed by atoms with E-state index >= 15 is 0 Å². The van der Waals surface area contributed by atoms with Crippen LogP contribution < -0.4 is 0 Å². The van der Waals surface area contributed by atoms with Crippen LogP contribution in [0, 0.1) is 0 Å². The molecule has 1 aromatic rings. The molecule has 0 atom stereocenters. The van der Waals surface area contributed by atoms with Gasteiger partial charge in [0.05, 0.1) is 0 Å². The Balaban J connectivity index is 2.66. The van der Waals surface area contributed by atoms with Crippen molar-refractivity contribution in [2.75, 3.05) is 7.05 Å². The van der Waals surface area contributed by atoms with Gasteiger partial charge in [-0.3, -0.25) is 0 Å². The number of rotatable bonds is 3. The molecule has 5 heteroatoms. The molecular formula is C8H12NO3P. The summed E-state index contributed by atoms with van der Waals surface area (Å²) in [5.74, 6) is 0. The normalized spacial score (nSPS) is 12.0. The molecule has 4 nitrogen and oxygen atoms in total. The number of nitrogens with zero attached hydrogens (tertiary/aromatic N) is 1. The summed E-state index contributed by atoms with van der Waals surface area (Å²) in [7, 11) is -2.69. The van der Waals surface area contributed by atoms with Crippen molar-refractivity contribution in [3.63, 3.8) is 0 Å². The maximum atomic E-state index is 10.8. The van der Waals surface area contributed by atoms with Crippen molar-refractivity contribution in [3.05, 3.63) is 35.9 Å². The SMILES string of the molecule is CN(Cc1ccccc1)P(=O)(O)O. The first-order chi connectivity index (χ1) is 6.00. The van der Waals surface area contributed by atoms with Crippen LogP contribution in [0.2, 0.25) is 0 Å². The van der Waals surface area contributed by atoms with Gasteiger partial charge in [-0.1, -0.05) is 30.3 Å². The highest BCUT2D eigenvalue weighted by atomic mass is 31.2. The maximum absolute atomic E-state index is 10.8. The first-order valence-corrected chi connectivity index (χ1v) is 5.38. The number of hydrogen-bond donors (Lipinski definition) is 2. The predicted molar refractivity (Wildman–Crippen MR) is 50.0 cm³/mol. The summed E-state index contributed by atoms with van der Waals surface area (Å²) in [4.78, 5) is 17.6. The summed E-state index contributed by atoms with van der Waals surface area (Å²) in [6.45, 7) is 0.255. The highest BCUT2D eigenvalue weighted by molar-refractivity contribution is 7.49. The van der Waals surface area contributed by atoms with E-state index in [9.17, 15) is 4.57 Å². The van der Waals surface area contributed by atoms with Crippen molar-refractivity contribution in [3.8, 4) is 0 Å². The minimum absolute atomic E-state index is 0.255. The van der Waals surface area contributed by atoms with Crippen molar-refractivity contribution in [1.29, 1.82) is 0 Å². The van der Waals surface area contributed by atoms with Crippen molar-refractivity contribution in [2.45, 2.75) is 6.54 Å². The van der Waals surface area contributed by atoms with E-state index in [1.54, 1.807) is 0 Å². The average Bonchev–Trinajstić information content (AvgIpc) is 2.04. The Morgan fingerprint density at radius 3 is 2.31 bits per heavy atom. The lowest BCUT2D eigenvalue weighted by Crippen LogP contribution is -2.13. The summed E-state index contributed by atoms with van der Waals surface area (Å²) in [6.07, 6.45) is 0. The molecule has 0 aromatic heterocycles. The lowest BCUT2D eigenvalue weighted by molar-refractivity contribution is 0.288. The van der Waals surface area contributed by atoms with Crippen LogP contribution in [0.5, 0.6) is 0 Å². The van der Waals surface area contributed by atoms with Crippen LogP contribution >= 0.6 is 7.75 Å². The second kappa shape index (κ2) is 4.03. The zero-order chi connectivity index (χ0) is 9.90. The molecule has 0 saturated carbocycles. The smallest absolute Gasteiger partial charge is 0.312 e. The zero-order valence-electron chi connectivity index (χ0n) is 7.29. The highest BCUT2D eigenvalue weighted by Crippen LogP contribution is 2.39. The minimum Gasteiger partial charge on any atom is -0.312 e. The largest absolute Gasteiger partial charge is 0.403 e. The van der Waals surface area contributed by atoms with E-state index < -0.39 is 7.75 Å². The molecule has 0 spiro atoms. The molecule has 0 heterocycles. The van der Waals surface area contributed by atoms with Gasteiger partial charge in [-0.2, -0.15) is 0 Å². The second-order valence-electron chi connectivity index (χ2n) is 2.81. The van der Waals surface area contributed by atoms with Crippen LogP contribution in [0.3, 0.4) is 0 Å². The van der Waals surface area contributed by atoms with E-state index in [-0.39, 0.29) is 6.54 Å². The van der Waals surface area contributed by atoms with Gasteiger partial charge in [-0.25, -0.2) is 9.24 Å². The molecule has 0 aliphatic carbocycles. The van der Waals surface area contributed by atoms with Gasteiger partial charge in [0.1, 0.15) is 0 Å². The molecule has 0 aliphatic rings. The van der Waals surface area contributed by atoms with Crippen molar-refractivity contribution < 1.29 is 14.4 Å². The standard InChI is InChI=1S/C8H12NO3P/c1-9(13(10,11)12)7-8-5-3-2-4-6-8/h2-6H,7H2,1H3,(H2,10,11,12). The molecule has 0 aliphatic heterocycles. The van der Waals surface area contributed by atoms with E-state index in [1.165, 1.54) is 7.05 Å². The summed E-state index contributed by atoms with van der Waals surface area (Å²) in [6, 6.07) is 9.19. The Labute approximate surface area is 77.0 Å². The summed E-state index contributed by atoms with van der Waals surface area (Å²) < 4.78 is 11.8. The Hall–Kier alpha value is -0.670. The first kappa shape index (κ1) is 10.4. The van der Waals surface area contributed by atoms with E-state index in [0.717, 1.165) is 10.2 Å². The van der Waals surface area contributed by atoms with E-state index in [0.29, 0.717) is 0 Å². The van der Waals surface area contributed by atoms with Gasteiger partial charge in [0.15, 0.2) is 0 Å². The summed E-state index contributed by atoms with van der Waals surface area (Å²) in [5.41, 5.74) is 0.883. The Bertz CT molecular complexity index is 308. The molecule has 1 aromatic carbocycles. The van der Waals surface area contributed by atoms with Crippen LogP contribution in [0.15, 0.2) is 30.3 Å². The highest BCUT2D eigenvalue weighted by Gasteiger charge is 2.20. The van der Waals surface area contributed by atoms with Gasteiger partial charge in [0.25, 0.3) is 0 Å². The van der Waals surface area contributed by atoms with Gasteiger partial charge in [0.2, 0.25) is 0 Å². The van der Waals surface area contributed by atoms with Gasteiger partial charge >= 0.3 is 7.75 Å². The number of hydrogen-bond acceptors (Lipinski definition) is 1. The van der Waals surface area contributed by atoms with Crippen LogP contribution in [0.25, 0.3) is 0 Å². The van der Waals surface area contributed by atoms with Gasteiger partial charge < -0.3 is 9.79 Å². The molecule has 0 bridgehead atoms. The minimum atomic E-state index is -4.09. The fourth-order valence-corrected chi connectivity index (χ4v) is 1.29. The Morgan fingerprint density at radius 2 is 1.85 bits per heavy atom. The van der Waals surface area contributed by atoms with Crippen molar-refractivity contribution in [1.82, 2.24) is 4.67 Å². The zero-order valence-corrected chi connectivity index (χ0v) is 8.19. The van der Waals surface area contributed by atoms with E-state index in [1.807, 2.05) is 30.3 Å². The quantitative estimate of drug-likeness (QED) is 0.721. The molecule has 2 N–H and O–H groups in total. The Kier molecular flexibility index (Phi) is 3.22.